The van der Waals surface area contributed by atoms with E-state index in [-0.39, 0.29) is 17.7 Å². The molecule has 0 radical (unpaired) electrons. The summed E-state index contributed by atoms with van der Waals surface area (Å²) in [7, 11) is 0. The summed E-state index contributed by atoms with van der Waals surface area (Å²) in [5, 5.41) is 0. The van der Waals surface area contributed by atoms with Crippen LogP contribution in [0.3, 0.4) is 0 Å². The molecule has 1 fully saturated rings. The van der Waals surface area contributed by atoms with Crippen LogP contribution in [-0.4, -0.2) is 40.1 Å². The van der Waals surface area contributed by atoms with E-state index in [9.17, 15) is 14.4 Å². The highest BCUT2D eigenvalue weighted by Gasteiger charge is 2.42. The lowest BCUT2D eigenvalue weighted by Gasteiger charge is -2.35. The molecular weight excluding hydrogens is 282 g/mol. The van der Waals surface area contributed by atoms with Gasteiger partial charge in [-0.2, -0.15) is 0 Å². The summed E-state index contributed by atoms with van der Waals surface area (Å²) in [5.74, 6) is -0.587. The van der Waals surface area contributed by atoms with Crippen LogP contribution in [0.1, 0.15) is 42.1 Å². The number of anilines is 1. The third kappa shape index (κ3) is 2.15. The van der Waals surface area contributed by atoms with Crippen molar-refractivity contribution in [2.24, 2.45) is 0 Å². The van der Waals surface area contributed by atoms with Crippen molar-refractivity contribution < 1.29 is 14.4 Å². The molecule has 0 aromatic heterocycles. The fraction of sp³-hybridized carbons (Fsp3) is 0.438. The molecule has 0 aliphatic carbocycles. The molecule has 1 saturated heterocycles. The predicted molar refractivity (Wildman–Crippen MR) is 80.8 cm³/mol. The van der Waals surface area contributed by atoms with E-state index in [2.05, 4.69) is 0 Å². The Hall–Kier alpha value is -2.37. The van der Waals surface area contributed by atoms with Gasteiger partial charge in [-0.25, -0.2) is 0 Å². The van der Waals surface area contributed by atoms with Crippen LogP contribution >= 0.6 is 0 Å². The lowest BCUT2D eigenvalue weighted by molar-refractivity contribution is -0.152. The number of piperidine rings is 1. The zero-order valence-corrected chi connectivity index (χ0v) is 12.5. The molecular formula is C16H19N3O3. The minimum atomic E-state index is -0.566. The normalized spacial score (nSPS) is 21.5. The van der Waals surface area contributed by atoms with Gasteiger partial charge in [-0.15, -0.1) is 0 Å². The second-order valence-electron chi connectivity index (χ2n) is 5.74. The minimum Gasteiger partial charge on any atom is -0.398 e. The molecule has 1 unspecified atom stereocenters. The molecule has 22 heavy (non-hydrogen) atoms. The van der Waals surface area contributed by atoms with E-state index < -0.39 is 6.04 Å². The van der Waals surface area contributed by atoms with E-state index in [4.69, 9.17) is 5.73 Å². The van der Waals surface area contributed by atoms with Gasteiger partial charge in [0.25, 0.3) is 11.8 Å². The zero-order chi connectivity index (χ0) is 15.9. The number of benzene rings is 1. The van der Waals surface area contributed by atoms with Crippen molar-refractivity contribution in [2.75, 3.05) is 12.3 Å². The summed E-state index contributed by atoms with van der Waals surface area (Å²) in [6.45, 7) is 2.67. The second kappa shape index (κ2) is 5.44. The van der Waals surface area contributed by atoms with Gasteiger partial charge < -0.3 is 10.6 Å². The number of rotatable bonds is 3. The quantitative estimate of drug-likeness (QED) is 0.670. The Morgan fingerprint density at radius 2 is 2.05 bits per heavy atom. The first-order valence-corrected chi connectivity index (χ1v) is 7.57. The number of hydrogen-bond acceptors (Lipinski definition) is 4. The Labute approximate surface area is 128 Å². The summed E-state index contributed by atoms with van der Waals surface area (Å²) in [4.78, 5) is 39.9. The number of nitrogens with two attached hydrogens (primary N) is 1. The summed E-state index contributed by atoms with van der Waals surface area (Å²) in [6.07, 6.45) is 1.40. The molecule has 6 nitrogen and oxygen atoms in total. The fourth-order valence-corrected chi connectivity index (χ4v) is 3.20. The van der Waals surface area contributed by atoms with Gasteiger partial charge in [0, 0.05) is 36.3 Å². The zero-order valence-electron chi connectivity index (χ0n) is 12.5. The molecule has 2 N–H and O–H groups in total. The van der Waals surface area contributed by atoms with Gasteiger partial charge >= 0.3 is 0 Å². The van der Waals surface area contributed by atoms with E-state index in [1.807, 2.05) is 6.92 Å². The van der Waals surface area contributed by atoms with Gasteiger partial charge in [-0.3, -0.25) is 19.3 Å². The number of nitrogens with zero attached hydrogens (tertiary/aromatic N) is 2. The monoisotopic (exact) mass is 301 g/mol. The number of hydrogen-bond donors (Lipinski definition) is 1. The van der Waals surface area contributed by atoms with Gasteiger partial charge in [-0.05, 0) is 25.0 Å². The predicted octanol–water partition coefficient (Wildman–Crippen LogP) is 1.15. The SMILES string of the molecule is CCCN1C(=O)CCC(N2Cc3c(N)cccc3C2=O)C1=O. The van der Waals surface area contributed by atoms with Crippen LogP contribution in [0.2, 0.25) is 0 Å². The first-order chi connectivity index (χ1) is 10.5. The Kier molecular flexibility index (Phi) is 3.60. The molecule has 1 atom stereocenters. The number of nitrogen functional groups attached to an aromatic ring is 1. The number of carbonyl (C=O) groups excluding carboxylic acids is 3. The minimum absolute atomic E-state index is 0.147. The number of carbonyl (C=O) groups is 3. The fourth-order valence-electron chi connectivity index (χ4n) is 3.20. The Balaban J connectivity index is 1.87. The van der Waals surface area contributed by atoms with Crippen molar-refractivity contribution in [2.45, 2.75) is 38.8 Å². The summed E-state index contributed by atoms with van der Waals surface area (Å²) >= 11 is 0. The van der Waals surface area contributed by atoms with Crippen molar-refractivity contribution in [3.05, 3.63) is 29.3 Å². The standard InChI is InChI=1S/C16H19N3O3/c1-2-8-18-14(20)7-6-13(16(18)22)19-9-11-10(15(19)21)4-3-5-12(11)17/h3-5,13H,2,6-9,17H2,1H3. The van der Waals surface area contributed by atoms with E-state index in [1.165, 1.54) is 4.90 Å². The van der Waals surface area contributed by atoms with Crippen LogP contribution < -0.4 is 5.73 Å². The van der Waals surface area contributed by atoms with Crippen molar-refractivity contribution in [3.8, 4) is 0 Å². The molecule has 2 aliphatic heterocycles. The van der Waals surface area contributed by atoms with Crippen LogP contribution in [-0.2, 0) is 16.1 Å². The largest absolute Gasteiger partial charge is 0.398 e. The molecule has 0 bridgehead atoms. The smallest absolute Gasteiger partial charge is 0.255 e. The van der Waals surface area contributed by atoms with Crippen LogP contribution in [0, 0.1) is 0 Å². The van der Waals surface area contributed by atoms with Gasteiger partial charge in [0.2, 0.25) is 5.91 Å². The lowest BCUT2D eigenvalue weighted by atomic mass is 10.0. The van der Waals surface area contributed by atoms with Gasteiger partial charge in [0.05, 0.1) is 0 Å². The lowest BCUT2D eigenvalue weighted by Crippen LogP contribution is -2.54. The molecule has 6 heteroatoms. The van der Waals surface area contributed by atoms with Crippen molar-refractivity contribution in [3.63, 3.8) is 0 Å². The average molecular weight is 301 g/mol. The summed E-state index contributed by atoms with van der Waals surface area (Å²) in [5.41, 5.74) is 7.84. The number of imide groups is 1. The Morgan fingerprint density at radius 1 is 1.27 bits per heavy atom. The third-order valence-electron chi connectivity index (χ3n) is 4.34. The van der Waals surface area contributed by atoms with Crippen LogP contribution in [0.5, 0.6) is 0 Å². The van der Waals surface area contributed by atoms with Gasteiger partial charge in [0.1, 0.15) is 6.04 Å². The summed E-state index contributed by atoms with van der Waals surface area (Å²) in [6, 6.07) is 4.66. The molecule has 1 aromatic carbocycles. The third-order valence-corrected chi connectivity index (χ3v) is 4.34. The topological polar surface area (TPSA) is 83.7 Å². The molecule has 0 saturated carbocycles. The second-order valence-corrected chi connectivity index (χ2v) is 5.74. The molecule has 3 rings (SSSR count). The maximum Gasteiger partial charge on any atom is 0.255 e. The van der Waals surface area contributed by atoms with Gasteiger partial charge in [-0.1, -0.05) is 13.0 Å². The van der Waals surface area contributed by atoms with Crippen molar-refractivity contribution >= 4 is 23.4 Å². The van der Waals surface area contributed by atoms with E-state index >= 15 is 0 Å². The van der Waals surface area contributed by atoms with E-state index in [0.29, 0.717) is 43.6 Å². The van der Waals surface area contributed by atoms with Crippen molar-refractivity contribution in [1.82, 2.24) is 9.80 Å². The van der Waals surface area contributed by atoms with Gasteiger partial charge in [0.15, 0.2) is 0 Å². The molecule has 2 aliphatic rings. The van der Waals surface area contributed by atoms with E-state index in [0.717, 1.165) is 5.56 Å². The molecule has 1 aromatic rings. The van der Waals surface area contributed by atoms with Crippen LogP contribution in [0.4, 0.5) is 5.69 Å². The first kappa shape index (κ1) is 14.6. The van der Waals surface area contributed by atoms with Crippen LogP contribution in [0.25, 0.3) is 0 Å². The highest BCUT2D eigenvalue weighted by molar-refractivity contribution is 6.06. The number of likely N-dealkylation sites (tertiary alicyclic amines) is 1. The Bertz CT molecular complexity index is 656. The summed E-state index contributed by atoms with van der Waals surface area (Å²) < 4.78 is 0. The first-order valence-electron chi connectivity index (χ1n) is 7.57. The number of fused-ring (bicyclic) bond motifs is 1. The molecule has 0 spiro atoms. The highest BCUT2D eigenvalue weighted by atomic mass is 16.2. The highest BCUT2D eigenvalue weighted by Crippen LogP contribution is 2.31. The molecule has 116 valence electrons. The van der Waals surface area contributed by atoms with Crippen molar-refractivity contribution in [1.29, 1.82) is 0 Å². The van der Waals surface area contributed by atoms with Crippen LogP contribution in [0.15, 0.2) is 18.2 Å². The molecule has 2 heterocycles. The average Bonchev–Trinajstić information content (AvgIpc) is 2.83. The van der Waals surface area contributed by atoms with E-state index in [1.54, 1.807) is 23.1 Å². The Morgan fingerprint density at radius 3 is 2.73 bits per heavy atom. The maximum absolute atomic E-state index is 12.6. The molecule has 3 amide bonds. The number of amides is 3. The maximum atomic E-state index is 12.6.